The topological polar surface area (TPSA) is 44.5 Å². The van der Waals surface area contributed by atoms with Crippen molar-refractivity contribution in [1.82, 2.24) is 0 Å². The summed E-state index contributed by atoms with van der Waals surface area (Å²) < 4.78 is 11.5. The van der Waals surface area contributed by atoms with Crippen LogP contribution >= 0.6 is 0 Å². The van der Waals surface area contributed by atoms with Crippen molar-refractivity contribution in [3.63, 3.8) is 0 Å². The Labute approximate surface area is 121 Å². The van der Waals surface area contributed by atoms with Gasteiger partial charge in [0, 0.05) is 25.7 Å². The van der Waals surface area contributed by atoms with Gasteiger partial charge in [0.2, 0.25) is 0 Å². The number of ether oxygens (including phenoxy) is 2. The summed E-state index contributed by atoms with van der Waals surface area (Å²) in [5.74, 6) is 0.578. The lowest BCUT2D eigenvalue weighted by Crippen LogP contribution is -2.45. The second-order valence-corrected chi connectivity index (χ2v) is 6.28. The summed E-state index contributed by atoms with van der Waals surface area (Å²) in [7, 11) is 0. The normalized spacial score (nSPS) is 31.6. The molecule has 2 heterocycles. The summed E-state index contributed by atoms with van der Waals surface area (Å²) in [6.45, 7) is 2.44. The average Bonchev–Trinajstić information content (AvgIpc) is 2.93. The van der Waals surface area contributed by atoms with Gasteiger partial charge in [-0.15, -0.1) is 0 Å². The van der Waals surface area contributed by atoms with Gasteiger partial charge in [0.15, 0.2) is 0 Å². The molecule has 0 radical (unpaired) electrons. The van der Waals surface area contributed by atoms with Crippen molar-refractivity contribution in [2.24, 2.45) is 11.7 Å². The predicted molar refractivity (Wildman–Crippen MR) is 79.6 cm³/mol. The summed E-state index contributed by atoms with van der Waals surface area (Å²) in [6, 6.07) is 10.9. The zero-order valence-electron chi connectivity index (χ0n) is 12.1. The first-order valence-corrected chi connectivity index (χ1v) is 7.79. The van der Waals surface area contributed by atoms with Gasteiger partial charge in [-0.1, -0.05) is 30.3 Å². The Morgan fingerprint density at radius 1 is 1.25 bits per heavy atom. The Morgan fingerprint density at radius 2 is 2.10 bits per heavy atom. The van der Waals surface area contributed by atoms with E-state index in [4.69, 9.17) is 15.2 Å². The molecule has 1 spiro atoms. The van der Waals surface area contributed by atoms with Crippen LogP contribution in [0.3, 0.4) is 0 Å². The van der Waals surface area contributed by atoms with Crippen LogP contribution in [0.1, 0.15) is 31.2 Å². The zero-order chi connectivity index (χ0) is 13.8. The van der Waals surface area contributed by atoms with E-state index in [-0.39, 0.29) is 11.6 Å². The van der Waals surface area contributed by atoms with Crippen LogP contribution < -0.4 is 5.73 Å². The van der Waals surface area contributed by atoms with Crippen LogP contribution in [0.4, 0.5) is 0 Å². The molecule has 0 aromatic heterocycles. The monoisotopic (exact) mass is 275 g/mol. The molecule has 0 bridgehead atoms. The smallest absolute Gasteiger partial charge is 0.0939 e. The second kappa shape index (κ2) is 6.25. The molecule has 2 fully saturated rings. The van der Waals surface area contributed by atoms with E-state index in [2.05, 4.69) is 30.3 Å². The Hall–Kier alpha value is -0.900. The Balaban J connectivity index is 1.53. The van der Waals surface area contributed by atoms with Crippen LogP contribution in [0.5, 0.6) is 0 Å². The first-order valence-electron chi connectivity index (χ1n) is 7.79. The molecule has 2 saturated heterocycles. The fourth-order valence-electron chi connectivity index (χ4n) is 3.51. The van der Waals surface area contributed by atoms with Crippen LogP contribution in [0, 0.1) is 5.92 Å². The van der Waals surface area contributed by atoms with Crippen LogP contribution in [0.15, 0.2) is 30.3 Å². The maximum atomic E-state index is 6.45. The molecule has 3 nitrogen and oxygen atoms in total. The summed E-state index contributed by atoms with van der Waals surface area (Å²) in [5, 5.41) is 0. The minimum atomic E-state index is -0.0206. The standard InChI is InChI=1S/C17H25NO2/c18-16(7-6-14-4-2-1-3-5-14)15-8-10-20-17(12-15)9-11-19-13-17/h1-5,15-16H,6-13,18H2. The Bertz CT molecular complexity index is 414. The van der Waals surface area contributed by atoms with E-state index in [0.717, 1.165) is 51.9 Å². The molecule has 110 valence electrons. The quantitative estimate of drug-likeness (QED) is 0.918. The molecular weight excluding hydrogens is 250 g/mol. The molecule has 0 amide bonds. The fourth-order valence-corrected chi connectivity index (χ4v) is 3.51. The lowest BCUT2D eigenvalue weighted by atomic mass is 9.80. The molecule has 0 aliphatic carbocycles. The third-order valence-electron chi connectivity index (χ3n) is 4.81. The van der Waals surface area contributed by atoms with Crippen molar-refractivity contribution in [3.05, 3.63) is 35.9 Å². The summed E-state index contributed by atoms with van der Waals surface area (Å²) in [4.78, 5) is 0. The molecular formula is C17H25NO2. The molecule has 2 aliphatic heterocycles. The first kappa shape index (κ1) is 14.1. The van der Waals surface area contributed by atoms with E-state index in [1.54, 1.807) is 0 Å². The zero-order valence-corrected chi connectivity index (χ0v) is 12.1. The van der Waals surface area contributed by atoms with Gasteiger partial charge in [0.05, 0.1) is 12.2 Å². The molecule has 3 unspecified atom stereocenters. The highest BCUT2D eigenvalue weighted by Gasteiger charge is 2.42. The van der Waals surface area contributed by atoms with Gasteiger partial charge >= 0.3 is 0 Å². The molecule has 2 aliphatic rings. The maximum absolute atomic E-state index is 6.45. The minimum Gasteiger partial charge on any atom is -0.378 e. The van der Waals surface area contributed by atoms with Gasteiger partial charge in [-0.25, -0.2) is 0 Å². The van der Waals surface area contributed by atoms with Crippen molar-refractivity contribution in [2.45, 2.75) is 43.7 Å². The number of rotatable bonds is 4. The average molecular weight is 275 g/mol. The van der Waals surface area contributed by atoms with E-state index >= 15 is 0 Å². The number of aryl methyl sites for hydroxylation is 1. The van der Waals surface area contributed by atoms with Gasteiger partial charge in [-0.3, -0.25) is 0 Å². The second-order valence-electron chi connectivity index (χ2n) is 6.28. The third-order valence-corrected chi connectivity index (χ3v) is 4.81. The summed E-state index contributed by atoms with van der Waals surface area (Å²) in [5.41, 5.74) is 7.81. The van der Waals surface area contributed by atoms with E-state index in [0.29, 0.717) is 5.92 Å². The first-order chi connectivity index (χ1) is 9.77. The minimum absolute atomic E-state index is 0.0206. The third kappa shape index (κ3) is 3.22. The van der Waals surface area contributed by atoms with Gasteiger partial charge < -0.3 is 15.2 Å². The molecule has 1 aromatic carbocycles. The lowest BCUT2D eigenvalue weighted by molar-refractivity contribution is -0.101. The largest absolute Gasteiger partial charge is 0.378 e. The van der Waals surface area contributed by atoms with Crippen LogP contribution in [0.25, 0.3) is 0 Å². The number of benzene rings is 1. The molecule has 2 N–H and O–H groups in total. The van der Waals surface area contributed by atoms with Crippen LogP contribution in [-0.2, 0) is 15.9 Å². The van der Waals surface area contributed by atoms with Gasteiger partial charge in [-0.2, -0.15) is 0 Å². The van der Waals surface area contributed by atoms with Gasteiger partial charge in [-0.05, 0) is 37.2 Å². The van der Waals surface area contributed by atoms with Crippen molar-refractivity contribution >= 4 is 0 Å². The van der Waals surface area contributed by atoms with Crippen LogP contribution in [0.2, 0.25) is 0 Å². The molecule has 3 rings (SSSR count). The van der Waals surface area contributed by atoms with E-state index < -0.39 is 0 Å². The van der Waals surface area contributed by atoms with Crippen molar-refractivity contribution in [2.75, 3.05) is 19.8 Å². The SMILES string of the molecule is NC(CCc1ccccc1)C1CCOC2(CCOC2)C1. The lowest BCUT2D eigenvalue weighted by Gasteiger charge is -2.39. The summed E-state index contributed by atoms with van der Waals surface area (Å²) in [6.07, 6.45) is 5.34. The van der Waals surface area contributed by atoms with E-state index in [1.165, 1.54) is 5.56 Å². The van der Waals surface area contributed by atoms with Crippen molar-refractivity contribution in [1.29, 1.82) is 0 Å². The highest BCUT2D eigenvalue weighted by molar-refractivity contribution is 5.14. The number of hydrogen-bond acceptors (Lipinski definition) is 3. The van der Waals surface area contributed by atoms with Gasteiger partial charge in [0.1, 0.15) is 0 Å². The van der Waals surface area contributed by atoms with Crippen molar-refractivity contribution < 1.29 is 9.47 Å². The highest BCUT2D eigenvalue weighted by Crippen LogP contribution is 2.37. The Morgan fingerprint density at radius 3 is 2.85 bits per heavy atom. The van der Waals surface area contributed by atoms with E-state index in [9.17, 15) is 0 Å². The summed E-state index contributed by atoms with van der Waals surface area (Å²) >= 11 is 0. The van der Waals surface area contributed by atoms with Gasteiger partial charge in [0.25, 0.3) is 0 Å². The van der Waals surface area contributed by atoms with Crippen molar-refractivity contribution in [3.8, 4) is 0 Å². The molecule has 3 atom stereocenters. The molecule has 3 heteroatoms. The fraction of sp³-hybridized carbons (Fsp3) is 0.647. The number of hydrogen-bond donors (Lipinski definition) is 1. The molecule has 1 aromatic rings. The maximum Gasteiger partial charge on any atom is 0.0939 e. The predicted octanol–water partition coefficient (Wildman–Crippen LogP) is 2.53. The van der Waals surface area contributed by atoms with Crippen LogP contribution in [-0.4, -0.2) is 31.5 Å². The number of nitrogens with two attached hydrogens (primary N) is 1. The van der Waals surface area contributed by atoms with E-state index in [1.807, 2.05) is 0 Å². The molecule has 0 saturated carbocycles. The highest BCUT2D eigenvalue weighted by atomic mass is 16.6. The molecule has 20 heavy (non-hydrogen) atoms. The Kier molecular flexibility index (Phi) is 4.39.